The van der Waals surface area contributed by atoms with E-state index in [9.17, 15) is 30.3 Å². The van der Waals surface area contributed by atoms with E-state index in [1.807, 2.05) is 0 Å². The van der Waals surface area contributed by atoms with Crippen LogP contribution in [0.2, 0.25) is 0 Å². The second-order valence-corrected chi connectivity index (χ2v) is 4.26. The maximum Gasteiger partial charge on any atom is 0.325 e. The Morgan fingerprint density at radius 1 is 0.826 bits per heavy atom. The van der Waals surface area contributed by atoms with Gasteiger partial charge in [0.1, 0.15) is 5.39 Å². The number of nitro groups is 3. The van der Waals surface area contributed by atoms with E-state index in [4.69, 9.17) is 9.47 Å². The third-order valence-electron chi connectivity index (χ3n) is 3.16. The molecule has 11 nitrogen and oxygen atoms in total. The molecule has 0 radical (unpaired) electrons. The van der Waals surface area contributed by atoms with Crippen molar-refractivity contribution in [3.05, 3.63) is 48.5 Å². The van der Waals surface area contributed by atoms with Crippen LogP contribution in [0.3, 0.4) is 0 Å². The van der Waals surface area contributed by atoms with E-state index in [1.165, 1.54) is 0 Å². The minimum absolute atomic E-state index is 0.245. The molecule has 2 aromatic carbocycles. The van der Waals surface area contributed by atoms with Gasteiger partial charge in [0.2, 0.25) is 5.75 Å². The monoisotopic (exact) mass is 323 g/mol. The summed E-state index contributed by atoms with van der Waals surface area (Å²) in [5.41, 5.74) is -2.01. The van der Waals surface area contributed by atoms with Crippen molar-refractivity contribution in [2.45, 2.75) is 0 Å². The van der Waals surface area contributed by atoms with Gasteiger partial charge >= 0.3 is 11.4 Å². The average Bonchev–Trinajstić information content (AvgIpc) is 2.50. The molecule has 0 fully saturated rings. The first kappa shape index (κ1) is 15.9. The summed E-state index contributed by atoms with van der Waals surface area (Å²) in [6, 6.07) is 3.07. The second kappa shape index (κ2) is 5.71. The Balaban J connectivity index is 3.16. The molecule has 0 aromatic heterocycles. The molecule has 0 atom stereocenters. The first-order chi connectivity index (χ1) is 10.8. The van der Waals surface area contributed by atoms with Crippen molar-refractivity contribution in [3.8, 4) is 11.5 Å². The maximum absolute atomic E-state index is 11.3. The third kappa shape index (κ3) is 2.43. The van der Waals surface area contributed by atoms with E-state index in [0.29, 0.717) is 0 Å². The number of hydrogen-bond donors (Lipinski definition) is 0. The molecular formula is C12H9N3O8. The molecule has 120 valence electrons. The number of nitro benzene ring substituents is 3. The maximum atomic E-state index is 11.3. The van der Waals surface area contributed by atoms with Gasteiger partial charge in [0, 0.05) is 0 Å². The van der Waals surface area contributed by atoms with Crippen molar-refractivity contribution in [1.29, 1.82) is 0 Å². The van der Waals surface area contributed by atoms with E-state index < -0.39 is 37.2 Å². The van der Waals surface area contributed by atoms with Gasteiger partial charge in [-0.05, 0) is 12.1 Å². The highest BCUT2D eigenvalue weighted by Crippen LogP contribution is 2.47. The molecule has 0 bridgehead atoms. The zero-order valence-corrected chi connectivity index (χ0v) is 11.8. The molecule has 0 aliphatic rings. The number of nitrogens with zero attached hydrogens (tertiary/aromatic N) is 3. The summed E-state index contributed by atoms with van der Waals surface area (Å²) in [5.74, 6) is -0.612. The fraction of sp³-hybridized carbons (Fsp3) is 0.167. The average molecular weight is 323 g/mol. The van der Waals surface area contributed by atoms with Gasteiger partial charge in [0.05, 0.1) is 40.4 Å². The molecule has 0 saturated heterocycles. The predicted molar refractivity (Wildman–Crippen MR) is 77.0 cm³/mol. The van der Waals surface area contributed by atoms with Gasteiger partial charge < -0.3 is 9.47 Å². The van der Waals surface area contributed by atoms with Gasteiger partial charge in [-0.2, -0.15) is 0 Å². The van der Waals surface area contributed by atoms with Crippen LogP contribution in [0.15, 0.2) is 18.2 Å². The summed E-state index contributed by atoms with van der Waals surface area (Å²) in [5, 5.41) is 33.1. The van der Waals surface area contributed by atoms with Crippen LogP contribution in [0.5, 0.6) is 11.5 Å². The van der Waals surface area contributed by atoms with Gasteiger partial charge in [-0.15, -0.1) is 0 Å². The fourth-order valence-corrected chi connectivity index (χ4v) is 2.26. The molecule has 0 N–H and O–H groups in total. The lowest BCUT2D eigenvalue weighted by atomic mass is 10.0. The molecule has 23 heavy (non-hydrogen) atoms. The van der Waals surface area contributed by atoms with Crippen LogP contribution in [-0.2, 0) is 0 Å². The summed E-state index contributed by atoms with van der Waals surface area (Å²) >= 11 is 0. The number of hydrogen-bond acceptors (Lipinski definition) is 8. The Morgan fingerprint density at radius 2 is 1.39 bits per heavy atom. The first-order valence-electron chi connectivity index (χ1n) is 5.98. The quantitative estimate of drug-likeness (QED) is 0.602. The Hall–Kier alpha value is -3.50. The van der Waals surface area contributed by atoms with Crippen LogP contribution in [-0.4, -0.2) is 29.0 Å². The smallest absolute Gasteiger partial charge is 0.325 e. The molecule has 2 aromatic rings. The van der Waals surface area contributed by atoms with Crippen LogP contribution in [0.25, 0.3) is 10.8 Å². The molecule has 0 aliphatic carbocycles. The first-order valence-corrected chi connectivity index (χ1v) is 5.98. The third-order valence-corrected chi connectivity index (χ3v) is 3.16. The highest BCUT2D eigenvalue weighted by molar-refractivity contribution is 6.06. The molecule has 11 heteroatoms. The normalized spacial score (nSPS) is 10.3. The van der Waals surface area contributed by atoms with E-state index in [2.05, 4.69) is 0 Å². The van der Waals surface area contributed by atoms with Gasteiger partial charge in [0.25, 0.3) is 5.69 Å². The predicted octanol–water partition coefficient (Wildman–Crippen LogP) is 2.58. The van der Waals surface area contributed by atoms with E-state index in [0.717, 1.165) is 32.4 Å². The molecule has 0 unspecified atom stereocenters. The van der Waals surface area contributed by atoms with Crippen molar-refractivity contribution in [2.24, 2.45) is 0 Å². The molecule has 2 rings (SSSR count). The van der Waals surface area contributed by atoms with Crippen LogP contribution in [0, 0.1) is 30.3 Å². The standard InChI is InChI=1S/C12H9N3O8/c1-22-8-4-3-6-10(12(8)15(20)21)7(13(16)17)5-9(23-2)11(6)14(18)19/h3-5H,1-2H3. The van der Waals surface area contributed by atoms with Crippen LogP contribution in [0.1, 0.15) is 0 Å². The highest BCUT2D eigenvalue weighted by Gasteiger charge is 2.34. The molecule has 0 aliphatic heterocycles. The van der Waals surface area contributed by atoms with Crippen molar-refractivity contribution < 1.29 is 24.2 Å². The second-order valence-electron chi connectivity index (χ2n) is 4.26. The van der Waals surface area contributed by atoms with Crippen LogP contribution >= 0.6 is 0 Å². The zero-order valence-electron chi connectivity index (χ0n) is 11.8. The van der Waals surface area contributed by atoms with E-state index in [-0.39, 0.29) is 16.9 Å². The molecule has 0 saturated carbocycles. The van der Waals surface area contributed by atoms with Crippen molar-refractivity contribution in [3.63, 3.8) is 0 Å². The Kier molecular flexibility index (Phi) is 3.94. The SMILES string of the molecule is COc1cc([N+](=O)[O-])c2c([N+](=O)[O-])c(OC)ccc2c1[N+](=O)[O-]. The van der Waals surface area contributed by atoms with Crippen LogP contribution in [0.4, 0.5) is 17.1 Å². The van der Waals surface area contributed by atoms with Gasteiger partial charge in [-0.1, -0.05) is 0 Å². The summed E-state index contributed by atoms with van der Waals surface area (Å²) in [4.78, 5) is 31.3. The number of methoxy groups -OCH3 is 2. The summed E-state index contributed by atoms with van der Waals surface area (Å²) in [6.45, 7) is 0. The number of benzene rings is 2. The molecular weight excluding hydrogens is 314 g/mol. The lowest BCUT2D eigenvalue weighted by Crippen LogP contribution is -2.02. The zero-order chi connectivity index (χ0) is 17.3. The fourth-order valence-electron chi connectivity index (χ4n) is 2.26. The number of rotatable bonds is 5. The van der Waals surface area contributed by atoms with Gasteiger partial charge in [-0.3, -0.25) is 30.3 Å². The largest absolute Gasteiger partial charge is 0.490 e. The lowest BCUT2D eigenvalue weighted by molar-refractivity contribution is -0.392. The topological polar surface area (TPSA) is 148 Å². The van der Waals surface area contributed by atoms with E-state index >= 15 is 0 Å². The Bertz CT molecular complexity index is 848. The minimum atomic E-state index is -0.885. The minimum Gasteiger partial charge on any atom is -0.490 e. The van der Waals surface area contributed by atoms with Crippen molar-refractivity contribution in [1.82, 2.24) is 0 Å². The summed E-state index contributed by atoms with van der Waals surface area (Å²) in [7, 11) is 2.26. The number of fused-ring (bicyclic) bond motifs is 1. The number of non-ortho nitro benzene ring substituents is 1. The lowest BCUT2D eigenvalue weighted by Gasteiger charge is -2.08. The summed E-state index contributed by atoms with van der Waals surface area (Å²) in [6.07, 6.45) is 0. The highest BCUT2D eigenvalue weighted by atomic mass is 16.6. The summed E-state index contributed by atoms with van der Waals surface area (Å²) < 4.78 is 9.66. The van der Waals surface area contributed by atoms with Crippen LogP contribution < -0.4 is 9.47 Å². The molecule has 0 amide bonds. The molecule has 0 spiro atoms. The Labute approximate surface area is 127 Å². The van der Waals surface area contributed by atoms with E-state index in [1.54, 1.807) is 0 Å². The Morgan fingerprint density at radius 3 is 1.83 bits per heavy atom. The van der Waals surface area contributed by atoms with Gasteiger partial charge in [-0.25, -0.2) is 0 Å². The van der Waals surface area contributed by atoms with Crippen molar-refractivity contribution >= 4 is 27.8 Å². The molecule has 0 heterocycles. The van der Waals surface area contributed by atoms with Crippen molar-refractivity contribution in [2.75, 3.05) is 14.2 Å². The van der Waals surface area contributed by atoms with Gasteiger partial charge in [0.15, 0.2) is 5.75 Å². The number of ether oxygens (including phenoxy) is 2.